The molecule has 1 aromatic rings. The minimum absolute atomic E-state index is 0.0416. The second-order valence-electron chi connectivity index (χ2n) is 6.72. The molecule has 0 heterocycles. The van der Waals surface area contributed by atoms with Gasteiger partial charge in [-0.1, -0.05) is 17.7 Å². The van der Waals surface area contributed by atoms with Crippen LogP contribution in [0.3, 0.4) is 0 Å². The predicted octanol–water partition coefficient (Wildman–Crippen LogP) is 3.00. The Balaban J connectivity index is 2.66. The third-order valence-corrected chi connectivity index (χ3v) is 3.32. The number of benzene rings is 1. The van der Waals surface area contributed by atoms with Gasteiger partial charge in [-0.25, -0.2) is 0 Å². The van der Waals surface area contributed by atoms with Gasteiger partial charge in [-0.3, -0.25) is 4.79 Å². The van der Waals surface area contributed by atoms with E-state index in [0.29, 0.717) is 0 Å². The summed E-state index contributed by atoms with van der Waals surface area (Å²) in [5.41, 5.74) is 4.92. The van der Waals surface area contributed by atoms with Crippen molar-refractivity contribution in [1.29, 1.82) is 0 Å². The molecule has 0 saturated carbocycles. The number of amides is 1. The minimum atomic E-state index is -0.200. The van der Waals surface area contributed by atoms with E-state index in [1.54, 1.807) is 0 Å². The molecule has 0 spiro atoms. The highest BCUT2D eigenvalue weighted by molar-refractivity contribution is 5.81. The fraction of sp³-hybridized carbons (Fsp3) is 0.588. The second-order valence-corrected chi connectivity index (χ2v) is 6.72. The molecule has 0 aliphatic carbocycles. The van der Waals surface area contributed by atoms with Crippen LogP contribution in [0, 0.1) is 20.8 Å². The van der Waals surface area contributed by atoms with E-state index in [-0.39, 0.29) is 17.5 Å². The summed E-state index contributed by atoms with van der Waals surface area (Å²) in [6.07, 6.45) is 0. The molecule has 0 aromatic heterocycles. The molecule has 2 N–H and O–H groups in total. The Morgan fingerprint density at radius 1 is 1.15 bits per heavy atom. The number of hydrogen-bond donors (Lipinski definition) is 2. The molecule has 112 valence electrons. The maximum Gasteiger partial charge on any atom is 0.237 e. The maximum absolute atomic E-state index is 12.0. The highest BCUT2D eigenvalue weighted by Gasteiger charge is 2.19. The van der Waals surface area contributed by atoms with Crippen LogP contribution < -0.4 is 10.6 Å². The third kappa shape index (κ3) is 4.97. The van der Waals surface area contributed by atoms with Crippen molar-refractivity contribution in [2.24, 2.45) is 0 Å². The molecule has 1 aromatic carbocycles. The lowest BCUT2D eigenvalue weighted by atomic mass is 9.99. The number of carbonyl (C=O) groups is 1. The fourth-order valence-electron chi connectivity index (χ4n) is 2.31. The van der Waals surface area contributed by atoms with Gasteiger partial charge in [0, 0.05) is 12.1 Å². The lowest BCUT2D eigenvalue weighted by molar-refractivity contribution is -0.124. The zero-order valence-corrected chi connectivity index (χ0v) is 13.8. The number of hydrogen-bond acceptors (Lipinski definition) is 2. The van der Waals surface area contributed by atoms with Crippen molar-refractivity contribution < 1.29 is 4.79 Å². The normalized spacial score (nSPS) is 13.2. The molecule has 1 rings (SSSR count). The van der Waals surface area contributed by atoms with Crippen LogP contribution in [0.1, 0.15) is 49.9 Å². The first-order valence-electron chi connectivity index (χ1n) is 7.22. The van der Waals surface area contributed by atoms with Crippen molar-refractivity contribution in [3.63, 3.8) is 0 Å². The van der Waals surface area contributed by atoms with E-state index in [4.69, 9.17) is 0 Å². The molecule has 0 saturated heterocycles. The summed E-state index contributed by atoms with van der Waals surface area (Å²) in [5.74, 6) is 0.0416. The summed E-state index contributed by atoms with van der Waals surface area (Å²) < 4.78 is 0. The van der Waals surface area contributed by atoms with Crippen LogP contribution in [-0.4, -0.2) is 17.5 Å². The van der Waals surface area contributed by atoms with E-state index in [9.17, 15) is 4.79 Å². The van der Waals surface area contributed by atoms with Crippen LogP contribution >= 0.6 is 0 Å². The number of carbonyl (C=O) groups excluding carboxylic acids is 1. The first-order chi connectivity index (χ1) is 9.10. The highest BCUT2D eigenvalue weighted by atomic mass is 16.2. The van der Waals surface area contributed by atoms with Crippen LogP contribution in [0.2, 0.25) is 0 Å². The van der Waals surface area contributed by atoms with Crippen LogP contribution in [0.25, 0.3) is 0 Å². The van der Waals surface area contributed by atoms with E-state index in [1.807, 2.05) is 27.7 Å². The molecular formula is C17H28N2O. The third-order valence-electron chi connectivity index (χ3n) is 3.32. The highest BCUT2D eigenvalue weighted by Crippen LogP contribution is 2.16. The molecule has 1 unspecified atom stereocenters. The first-order valence-corrected chi connectivity index (χ1v) is 7.22. The maximum atomic E-state index is 12.0. The zero-order chi connectivity index (χ0) is 15.5. The molecule has 0 aliphatic heterocycles. The lowest BCUT2D eigenvalue weighted by Crippen LogP contribution is -2.49. The predicted molar refractivity (Wildman–Crippen MR) is 84.9 cm³/mol. The summed E-state index contributed by atoms with van der Waals surface area (Å²) in [7, 11) is 0. The summed E-state index contributed by atoms with van der Waals surface area (Å²) >= 11 is 0. The molecule has 1 amide bonds. The number of rotatable bonds is 4. The van der Waals surface area contributed by atoms with Crippen molar-refractivity contribution in [1.82, 2.24) is 10.6 Å². The van der Waals surface area contributed by atoms with Gasteiger partial charge in [0.2, 0.25) is 5.91 Å². The SMILES string of the molecule is Cc1cc(C)c(CNC(C)C(=O)NC(C)(C)C)c(C)c1. The van der Waals surface area contributed by atoms with Gasteiger partial charge < -0.3 is 10.6 Å². The Bertz CT molecular complexity index is 463. The molecule has 0 aliphatic rings. The molecule has 1 atom stereocenters. The van der Waals surface area contributed by atoms with E-state index in [0.717, 1.165) is 6.54 Å². The molecule has 0 bridgehead atoms. The van der Waals surface area contributed by atoms with Gasteiger partial charge >= 0.3 is 0 Å². The Morgan fingerprint density at radius 3 is 2.10 bits per heavy atom. The molecule has 20 heavy (non-hydrogen) atoms. The summed E-state index contributed by atoms with van der Waals surface area (Å²) in [6, 6.07) is 4.17. The van der Waals surface area contributed by atoms with Crippen molar-refractivity contribution in [2.45, 2.75) is 66.6 Å². The molecular weight excluding hydrogens is 248 g/mol. The largest absolute Gasteiger partial charge is 0.350 e. The van der Waals surface area contributed by atoms with Crippen LogP contribution in [0.5, 0.6) is 0 Å². The molecule has 0 fully saturated rings. The van der Waals surface area contributed by atoms with Crippen molar-refractivity contribution in [3.8, 4) is 0 Å². The van der Waals surface area contributed by atoms with Gasteiger partial charge in [0.25, 0.3) is 0 Å². The van der Waals surface area contributed by atoms with E-state index in [1.165, 1.54) is 22.3 Å². The Kier molecular flexibility index (Phi) is 5.35. The quantitative estimate of drug-likeness (QED) is 0.887. The Labute approximate surface area is 123 Å². The summed E-state index contributed by atoms with van der Waals surface area (Å²) in [4.78, 5) is 12.0. The lowest BCUT2D eigenvalue weighted by Gasteiger charge is -2.24. The fourth-order valence-corrected chi connectivity index (χ4v) is 2.31. The topological polar surface area (TPSA) is 41.1 Å². The zero-order valence-electron chi connectivity index (χ0n) is 13.8. The first kappa shape index (κ1) is 16.7. The smallest absolute Gasteiger partial charge is 0.237 e. The van der Waals surface area contributed by atoms with E-state index in [2.05, 4.69) is 43.5 Å². The summed E-state index contributed by atoms with van der Waals surface area (Å²) in [5, 5.41) is 6.30. The van der Waals surface area contributed by atoms with Crippen molar-refractivity contribution in [3.05, 3.63) is 34.4 Å². The van der Waals surface area contributed by atoms with Gasteiger partial charge in [0.05, 0.1) is 6.04 Å². The summed E-state index contributed by atoms with van der Waals surface area (Å²) in [6.45, 7) is 14.9. The van der Waals surface area contributed by atoms with Crippen molar-refractivity contribution in [2.75, 3.05) is 0 Å². The van der Waals surface area contributed by atoms with Gasteiger partial charge in [-0.2, -0.15) is 0 Å². The van der Waals surface area contributed by atoms with E-state index < -0.39 is 0 Å². The monoisotopic (exact) mass is 276 g/mol. The Hall–Kier alpha value is -1.35. The van der Waals surface area contributed by atoms with Gasteiger partial charge in [0.1, 0.15) is 0 Å². The van der Waals surface area contributed by atoms with Crippen molar-refractivity contribution >= 4 is 5.91 Å². The van der Waals surface area contributed by atoms with Gasteiger partial charge in [-0.05, 0) is 65.2 Å². The molecule has 3 nitrogen and oxygen atoms in total. The average Bonchev–Trinajstić information content (AvgIpc) is 2.24. The number of nitrogens with one attached hydrogen (secondary N) is 2. The van der Waals surface area contributed by atoms with Gasteiger partial charge in [-0.15, -0.1) is 0 Å². The number of aryl methyl sites for hydroxylation is 3. The van der Waals surface area contributed by atoms with E-state index >= 15 is 0 Å². The van der Waals surface area contributed by atoms with Gasteiger partial charge in [0.15, 0.2) is 0 Å². The average molecular weight is 276 g/mol. The van der Waals surface area contributed by atoms with Crippen LogP contribution in [0.4, 0.5) is 0 Å². The van der Waals surface area contributed by atoms with Crippen LogP contribution in [-0.2, 0) is 11.3 Å². The standard InChI is InChI=1S/C17H28N2O/c1-11-8-12(2)15(13(3)9-11)10-18-14(4)16(20)19-17(5,6)7/h8-9,14,18H,10H2,1-7H3,(H,19,20). The van der Waals surface area contributed by atoms with Crippen LogP contribution in [0.15, 0.2) is 12.1 Å². The molecule has 3 heteroatoms. The second kappa shape index (κ2) is 6.40. The molecule has 0 radical (unpaired) electrons. The minimum Gasteiger partial charge on any atom is -0.350 e. The Morgan fingerprint density at radius 2 is 1.65 bits per heavy atom.